The number of rotatable bonds is 2. The Hall–Kier alpha value is -2.58. The van der Waals surface area contributed by atoms with Crippen molar-refractivity contribution in [1.29, 1.82) is 0 Å². The van der Waals surface area contributed by atoms with E-state index in [1.54, 1.807) is 25.3 Å². The van der Waals surface area contributed by atoms with Gasteiger partial charge in [-0.05, 0) is 38.5 Å². The Labute approximate surface area is 159 Å². The van der Waals surface area contributed by atoms with Crippen molar-refractivity contribution in [2.75, 3.05) is 6.54 Å². The Morgan fingerprint density at radius 2 is 1.93 bits per heavy atom. The lowest BCUT2D eigenvalue weighted by molar-refractivity contribution is -0.138. The van der Waals surface area contributed by atoms with Gasteiger partial charge in [-0.25, -0.2) is 14.2 Å². The second kappa shape index (κ2) is 7.10. The average molecular weight is 399 g/mol. The SMILES string of the molecule is CC(C)(C)OC(=O)N1CCn2c(Cc3ccc(F)cc3C(F)(F)F)cnc2C1. The lowest BCUT2D eigenvalue weighted by atomic mass is 10.0. The van der Waals surface area contributed by atoms with E-state index in [9.17, 15) is 22.4 Å². The van der Waals surface area contributed by atoms with Crippen LogP contribution in [0.2, 0.25) is 0 Å². The van der Waals surface area contributed by atoms with E-state index in [2.05, 4.69) is 4.98 Å². The van der Waals surface area contributed by atoms with Gasteiger partial charge in [0.2, 0.25) is 0 Å². The van der Waals surface area contributed by atoms with Crippen molar-refractivity contribution in [3.05, 3.63) is 52.9 Å². The zero-order chi connectivity index (χ0) is 20.7. The Kier molecular flexibility index (Phi) is 5.12. The maximum atomic E-state index is 13.3. The average Bonchev–Trinajstić information content (AvgIpc) is 2.96. The lowest BCUT2D eigenvalue weighted by Crippen LogP contribution is -2.41. The Bertz CT molecular complexity index is 884. The molecule has 2 aromatic rings. The molecule has 2 heterocycles. The largest absolute Gasteiger partial charge is 0.444 e. The third kappa shape index (κ3) is 4.45. The van der Waals surface area contributed by atoms with Crippen LogP contribution in [-0.4, -0.2) is 32.7 Å². The van der Waals surface area contributed by atoms with E-state index < -0.39 is 29.3 Å². The van der Waals surface area contributed by atoms with E-state index >= 15 is 0 Å². The fraction of sp³-hybridized carbons (Fsp3) is 0.474. The summed E-state index contributed by atoms with van der Waals surface area (Å²) < 4.78 is 60.1. The smallest absolute Gasteiger partial charge is 0.416 e. The van der Waals surface area contributed by atoms with Crippen LogP contribution in [0.5, 0.6) is 0 Å². The Balaban J connectivity index is 1.80. The van der Waals surface area contributed by atoms with E-state index in [-0.39, 0.29) is 18.5 Å². The Morgan fingerprint density at radius 3 is 2.57 bits per heavy atom. The fourth-order valence-corrected chi connectivity index (χ4v) is 3.11. The fourth-order valence-electron chi connectivity index (χ4n) is 3.11. The molecule has 0 atom stereocenters. The minimum Gasteiger partial charge on any atom is -0.444 e. The molecule has 0 radical (unpaired) electrons. The van der Waals surface area contributed by atoms with Crippen molar-refractivity contribution in [3.63, 3.8) is 0 Å². The summed E-state index contributed by atoms with van der Waals surface area (Å²) in [5.41, 5.74) is -1.05. The molecule has 5 nitrogen and oxygen atoms in total. The highest BCUT2D eigenvalue weighted by Gasteiger charge is 2.34. The third-order valence-electron chi connectivity index (χ3n) is 4.35. The number of benzene rings is 1. The van der Waals surface area contributed by atoms with Crippen molar-refractivity contribution in [2.24, 2.45) is 0 Å². The van der Waals surface area contributed by atoms with Crippen LogP contribution in [0.3, 0.4) is 0 Å². The number of halogens is 4. The molecule has 1 aromatic carbocycles. The first-order valence-corrected chi connectivity index (χ1v) is 8.81. The van der Waals surface area contributed by atoms with Crippen molar-refractivity contribution >= 4 is 6.09 Å². The van der Waals surface area contributed by atoms with Crippen molar-refractivity contribution < 1.29 is 27.1 Å². The highest BCUT2D eigenvalue weighted by molar-refractivity contribution is 5.68. The molecule has 0 spiro atoms. The second-order valence-corrected chi connectivity index (χ2v) is 7.70. The quantitative estimate of drug-likeness (QED) is 0.704. The number of aromatic nitrogens is 2. The number of hydrogen-bond acceptors (Lipinski definition) is 3. The van der Waals surface area contributed by atoms with Crippen LogP contribution in [0.15, 0.2) is 24.4 Å². The zero-order valence-electron chi connectivity index (χ0n) is 15.8. The molecule has 0 saturated heterocycles. The number of carbonyl (C=O) groups is 1. The molecular formula is C19H21F4N3O2. The summed E-state index contributed by atoms with van der Waals surface area (Å²) in [5.74, 6) is -0.359. The highest BCUT2D eigenvalue weighted by atomic mass is 19.4. The summed E-state index contributed by atoms with van der Waals surface area (Å²) >= 11 is 0. The molecule has 0 fully saturated rings. The molecule has 3 rings (SSSR count). The van der Waals surface area contributed by atoms with Gasteiger partial charge in [-0.15, -0.1) is 0 Å². The van der Waals surface area contributed by atoms with Crippen LogP contribution in [0.1, 0.15) is 43.4 Å². The molecular weight excluding hydrogens is 378 g/mol. The number of imidazole rings is 1. The standard InChI is InChI=1S/C19H21F4N3O2/c1-18(2,3)28-17(27)25-6-7-26-14(10-24-16(26)11-25)8-12-4-5-13(20)9-15(12)19(21,22)23/h4-5,9-10H,6-8,11H2,1-3H3. The number of nitrogens with zero attached hydrogens (tertiary/aromatic N) is 3. The summed E-state index contributed by atoms with van der Waals surface area (Å²) in [6, 6.07) is 2.67. The number of ether oxygens (including phenoxy) is 1. The molecule has 1 aliphatic rings. The van der Waals surface area contributed by atoms with Crippen molar-refractivity contribution in [2.45, 2.75) is 52.1 Å². The molecule has 9 heteroatoms. The maximum Gasteiger partial charge on any atom is 0.416 e. The van der Waals surface area contributed by atoms with E-state index in [0.717, 1.165) is 12.1 Å². The normalized spacial score (nSPS) is 14.8. The summed E-state index contributed by atoms with van der Waals surface area (Å²) in [6.07, 6.45) is -3.64. The summed E-state index contributed by atoms with van der Waals surface area (Å²) in [7, 11) is 0. The van der Waals surface area contributed by atoms with Crippen LogP contribution in [-0.2, 0) is 30.4 Å². The number of carbonyl (C=O) groups excluding carboxylic acids is 1. The second-order valence-electron chi connectivity index (χ2n) is 7.70. The zero-order valence-corrected chi connectivity index (χ0v) is 15.8. The van der Waals surface area contributed by atoms with Crippen LogP contribution in [0.25, 0.3) is 0 Å². The van der Waals surface area contributed by atoms with Gasteiger partial charge in [-0.3, -0.25) is 4.90 Å². The van der Waals surface area contributed by atoms with Gasteiger partial charge in [0.15, 0.2) is 0 Å². The molecule has 0 unspecified atom stereocenters. The highest BCUT2D eigenvalue weighted by Crippen LogP contribution is 2.33. The minimum absolute atomic E-state index is 0.0221. The van der Waals surface area contributed by atoms with Crippen molar-refractivity contribution in [1.82, 2.24) is 14.5 Å². The maximum absolute atomic E-state index is 13.3. The van der Waals surface area contributed by atoms with Gasteiger partial charge < -0.3 is 9.30 Å². The van der Waals surface area contributed by atoms with Gasteiger partial charge in [0.25, 0.3) is 0 Å². The molecule has 1 aromatic heterocycles. The van der Waals surface area contributed by atoms with Gasteiger partial charge >= 0.3 is 12.3 Å². The first-order chi connectivity index (χ1) is 12.9. The third-order valence-corrected chi connectivity index (χ3v) is 4.35. The summed E-state index contributed by atoms with van der Waals surface area (Å²) in [4.78, 5) is 18.0. The van der Waals surface area contributed by atoms with Crippen LogP contribution in [0.4, 0.5) is 22.4 Å². The van der Waals surface area contributed by atoms with Crippen LogP contribution in [0, 0.1) is 5.82 Å². The molecule has 0 bridgehead atoms. The molecule has 0 N–H and O–H groups in total. The van der Waals surface area contributed by atoms with E-state index in [1.807, 2.05) is 0 Å². The molecule has 0 saturated carbocycles. The van der Waals surface area contributed by atoms with Gasteiger partial charge in [-0.1, -0.05) is 6.07 Å². The van der Waals surface area contributed by atoms with Gasteiger partial charge in [0, 0.05) is 31.4 Å². The molecule has 1 aliphatic heterocycles. The topological polar surface area (TPSA) is 47.4 Å². The van der Waals surface area contributed by atoms with E-state index in [0.29, 0.717) is 30.7 Å². The number of alkyl halides is 3. The molecule has 152 valence electrons. The van der Waals surface area contributed by atoms with Gasteiger partial charge in [0.1, 0.15) is 17.2 Å². The number of hydrogen-bond donors (Lipinski definition) is 0. The van der Waals surface area contributed by atoms with Crippen LogP contribution < -0.4 is 0 Å². The first kappa shape index (κ1) is 20.2. The van der Waals surface area contributed by atoms with E-state index in [1.165, 1.54) is 11.1 Å². The molecule has 28 heavy (non-hydrogen) atoms. The lowest BCUT2D eigenvalue weighted by Gasteiger charge is -2.31. The van der Waals surface area contributed by atoms with Crippen LogP contribution >= 0.6 is 0 Å². The number of amides is 1. The van der Waals surface area contributed by atoms with Gasteiger partial charge in [0.05, 0.1) is 12.1 Å². The molecule has 1 amide bonds. The Morgan fingerprint density at radius 1 is 1.21 bits per heavy atom. The summed E-state index contributed by atoms with van der Waals surface area (Å²) in [6.45, 7) is 6.29. The monoisotopic (exact) mass is 399 g/mol. The predicted molar refractivity (Wildman–Crippen MR) is 93.1 cm³/mol. The summed E-state index contributed by atoms with van der Waals surface area (Å²) in [5, 5.41) is 0. The first-order valence-electron chi connectivity index (χ1n) is 8.81. The minimum atomic E-state index is -4.64. The van der Waals surface area contributed by atoms with Gasteiger partial charge in [-0.2, -0.15) is 13.2 Å². The predicted octanol–water partition coefficient (Wildman–Crippen LogP) is 4.38. The van der Waals surface area contributed by atoms with E-state index in [4.69, 9.17) is 4.74 Å². The van der Waals surface area contributed by atoms with Crippen molar-refractivity contribution in [3.8, 4) is 0 Å². The molecule has 0 aliphatic carbocycles. The number of fused-ring (bicyclic) bond motifs is 1.